The van der Waals surface area contributed by atoms with Gasteiger partial charge in [0.1, 0.15) is 11.8 Å². The van der Waals surface area contributed by atoms with Crippen LogP contribution in [0.4, 0.5) is 5.69 Å². The third-order valence-corrected chi connectivity index (χ3v) is 10.8. The number of hydrogen-bond donors (Lipinski definition) is 2. The van der Waals surface area contributed by atoms with Gasteiger partial charge in [-0.15, -0.1) is 11.8 Å². The molecule has 2 bridgehead atoms. The fourth-order valence-corrected chi connectivity index (χ4v) is 9.71. The molecular formula is C27H29BrN2O6S. The van der Waals surface area contributed by atoms with Gasteiger partial charge in [-0.1, -0.05) is 46.3 Å². The maximum absolute atomic E-state index is 14.2. The minimum Gasteiger partial charge on any atom is -0.497 e. The number of carbonyl (C=O) groups is 3. The molecule has 37 heavy (non-hydrogen) atoms. The van der Waals surface area contributed by atoms with Gasteiger partial charge in [0.15, 0.2) is 0 Å². The van der Waals surface area contributed by atoms with Gasteiger partial charge in [-0.25, -0.2) is 0 Å². The first-order chi connectivity index (χ1) is 17.9. The highest BCUT2D eigenvalue weighted by Crippen LogP contribution is 2.68. The predicted molar refractivity (Wildman–Crippen MR) is 144 cm³/mol. The molecule has 5 rings (SSSR count). The molecule has 2 N–H and O–H groups in total. The van der Waals surface area contributed by atoms with Crippen molar-refractivity contribution in [2.45, 2.75) is 40.3 Å². The van der Waals surface area contributed by atoms with Gasteiger partial charge in [0.2, 0.25) is 11.8 Å². The van der Waals surface area contributed by atoms with Crippen LogP contribution < -0.4 is 10.1 Å². The van der Waals surface area contributed by atoms with Gasteiger partial charge in [0.05, 0.1) is 42.9 Å². The molecule has 0 saturated carbocycles. The van der Waals surface area contributed by atoms with Gasteiger partial charge >= 0.3 is 5.97 Å². The maximum atomic E-state index is 14.2. The van der Waals surface area contributed by atoms with E-state index in [0.29, 0.717) is 17.9 Å². The van der Waals surface area contributed by atoms with E-state index in [9.17, 15) is 19.5 Å². The second-order valence-corrected chi connectivity index (χ2v) is 12.2. The summed E-state index contributed by atoms with van der Waals surface area (Å²) < 4.78 is 9.77. The molecule has 3 aliphatic heterocycles. The van der Waals surface area contributed by atoms with Crippen molar-refractivity contribution in [2.24, 2.45) is 11.8 Å². The van der Waals surface area contributed by atoms with Crippen molar-refractivity contribution in [1.82, 2.24) is 4.90 Å². The number of ether oxygens (including phenoxy) is 2. The number of fused-ring (bicyclic) bond motifs is 1. The van der Waals surface area contributed by atoms with Crippen molar-refractivity contribution < 1.29 is 29.0 Å². The van der Waals surface area contributed by atoms with Gasteiger partial charge < -0.3 is 24.8 Å². The predicted octanol–water partition coefficient (Wildman–Crippen LogP) is 3.40. The number of nitrogens with one attached hydrogen (secondary N) is 1. The summed E-state index contributed by atoms with van der Waals surface area (Å²) in [7, 11) is 1.57. The Hall–Kier alpha value is -2.56. The van der Waals surface area contributed by atoms with Crippen LogP contribution >= 0.6 is 27.7 Å². The lowest BCUT2D eigenvalue weighted by atomic mass is 9.71. The van der Waals surface area contributed by atoms with E-state index >= 15 is 0 Å². The summed E-state index contributed by atoms with van der Waals surface area (Å²) in [5.74, 6) is -1.81. The summed E-state index contributed by atoms with van der Waals surface area (Å²) in [4.78, 5) is 42.8. The minimum absolute atomic E-state index is 0.0588. The van der Waals surface area contributed by atoms with E-state index in [1.54, 1.807) is 38.3 Å². The Balaban J connectivity index is 1.58. The zero-order valence-corrected chi connectivity index (χ0v) is 22.9. The zero-order valence-electron chi connectivity index (χ0n) is 20.5. The van der Waals surface area contributed by atoms with Crippen molar-refractivity contribution in [2.75, 3.05) is 25.6 Å². The molecule has 3 fully saturated rings. The van der Waals surface area contributed by atoms with Crippen LogP contribution in [0, 0.1) is 11.8 Å². The van der Waals surface area contributed by atoms with Crippen LogP contribution in [0.25, 0.3) is 0 Å². The zero-order chi connectivity index (χ0) is 26.3. The highest BCUT2D eigenvalue weighted by Gasteiger charge is 2.76. The lowest BCUT2D eigenvalue weighted by molar-refractivity contribution is -0.154. The Morgan fingerprint density at radius 3 is 2.54 bits per heavy atom. The fraction of sp³-hybridized carbons (Fsp3) is 0.444. The number of carbonyl (C=O) groups excluding carboxylic acids is 3. The van der Waals surface area contributed by atoms with E-state index < -0.39 is 34.6 Å². The molecule has 7 atom stereocenters. The number of alkyl halides is 1. The van der Waals surface area contributed by atoms with Gasteiger partial charge in [-0.05, 0) is 43.2 Å². The number of aliphatic hydroxyl groups is 1. The van der Waals surface area contributed by atoms with E-state index in [0.717, 1.165) is 5.56 Å². The van der Waals surface area contributed by atoms with Crippen molar-refractivity contribution in [3.05, 3.63) is 60.2 Å². The quantitative estimate of drug-likeness (QED) is 0.359. The number of likely N-dealkylation sites (tertiary alicyclic amines) is 1. The van der Waals surface area contributed by atoms with Gasteiger partial charge in [0, 0.05) is 15.8 Å². The molecule has 2 amide bonds. The monoisotopic (exact) mass is 588 g/mol. The number of benzene rings is 2. The SMILES string of the molecule is CCOC(=O)[C@H]1[C@H]2C(=O)N([C@H](CO)c3ccccc3)C(C(=O)Nc3ccc(OC)cc3)C23CC(Br)[C@@H]1S3. The highest BCUT2D eigenvalue weighted by molar-refractivity contribution is 9.09. The smallest absolute Gasteiger partial charge is 0.310 e. The minimum atomic E-state index is -0.904. The summed E-state index contributed by atoms with van der Waals surface area (Å²) >= 11 is 5.26. The Morgan fingerprint density at radius 1 is 1.22 bits per heavy atom. The molecule has 2 aromatic carbocycles. The average Bonchev–Trinajstić information content (AvgIpc) is 3.49. The number of rotatable bonds is 8. The van der Waals surface area contributed by atoms with E-state index in [1.807, 2.05) is 30.3 Å². The van der Waals surface area contributed by atoms with Gasteiger partial charge in [-0.2, -0.15) is 0 Å². The van der Waals surface area contributed by atoms with Crippen LogP contribution in [0.2, 0.25) is 0 Å². The third kappa shape index (κ3) is 4.23. The Labute approximate surface area is 228 Å². The van der Waals surface area contributed by atoms with Crippen molar-refractivity contribution in [1.29, 1.82) is 0 Å². The van der Waals surface area contributed by atoms with Crippen LogP contribution in [-0.2, 0) is 19.1 Å². The first-order valence-electron chi connectivity index (χ1n) is 12.3. The molecule has 3 saturated heterocycles. The number of methoxy groups -OCH3 is 1. The molecule has 8 nitrogen and oxygen atoms in total. The topological polar surface area (TPSA) is 105 Å². The molecule has 3 unspecified atom stereocenters. The first-order valence-corrected chi connectivity index (χ1v) is 14.1. The normalized spacial score (nSPS) is 30.6. The third-order valence-electron chi connectivity index (χ3n) is 7.58. The Morgan fingerprint density at radius 2 is 1.92 bits per heavy atom. The number of aliphatic hydroxyl groups excluding tert-OH is 1. The summed E-state index contributed by atoms with van der Waals surface area (Å²) in [6, 6.07) is 14.5. The summed E-state index contributed by atoms with van der Waals surface area (Å²) in [5.41, 5.74) is 1.28. The number of halogens is 1. The van der Waals surface area contributed by atoms with E-state index in [-0.39, 0.29) is 35.1 Å². The summed E-state index contributed by atoms with van der Waals surface area (Å²) in [6.07, 6.45) is 0.540. The number of hydrogen-bond acceptors (Lipinski definition) is 7. The molecule has 3 heterocycles. The van der Waals surface area contributed by atoms with Crippen LogP contribution in [-0.4, -0.2) is 69.0 Å². The maximum Gasteiger partial charge on any atom is 0.310 e. The van der Waals surface area contributed by atoms with Gasteiger partial charge in [0.25, 0.3) is 0 Å². The average molecular weight is 590 g/mol. The van der Waals surface area contributed by atoms with Crippen LogP contribution in [0.5, 0.6) is 5.75 Å². The molecule has 10 heteroatoms. The standard InChI is InChI=1S/C27H29BrN2O6S/c1-3-36-26(34)20-21-25(33)30(19(14-31)15-7-5-4-6-8-15)23(27(21)13-18(28)22(20)37-27)24(32)29-16-9-11-17(35-2)12-10-16/h4-12,18-23,31H,3,13-14H2,1-2H3,(H,29,32)/t18?,19-,20+,21+,22+,23?,27?/m1/s1. The molecular weight excluding hydrogens is 560 g/mol. The molecule has 3 aliphatic rings. The second-order valence-electron chi connectivity index (χ2n) is 9.49. The fourth-order valence-electron chi connectivity index (χ4n) is 6.13. The van der Waals surface area contributed by atoms with Crippen LogP contribution in [0.15, 0.2) is 54.6 Å². The summed E-state index contributed by atoms with van der Waals surface area (Å²) in [6.45, 7) is 1.59. The molecule has 2 aromatic rings. The van der Waals surface area contributed by atoms with Crippen LogP contribution in [0.3, 0.4) is 0 Å². The Bertz CT molecular complexity index is 1180. The van der Waals surface area contributed by atoms with Gasteiger partial charge in [-0.3, -0.25) is 14.4 Å². The molecule has 196 valence electrons. The number of esters is 1. The van der Waals surface area contributed by atoms with Crippen molar-refractivity contribution in [3.63, 3.8) is 0 Å². The number of thioether (sulfide) groups is 1. The van der Waals surface area contributed by atoms with E-state index in [4.69, 9.17) is 9.47 Å². The van der Waals surface area contributed by atoms with Crippen LogP contribution in [0.1, 0.15) is 24.9 Å². The molecule has 0 aliphatic carbocycles. The number of nitrogens with zero attached hydrogens (tertiary/aromatic N) is 1. The summed E-state index contributed by atoms with van der Waals surface area (Å²) in [5, 5.41) is 13.3. The number of amides is 2. The Kier molecular flexibility index (Phi) is 7.26. The molecule has 0 radical (unpaired) electrons. The highest BCUT2D eigenvalue weighted by atomic mass is 79.9. The molecule has 1 spiro atoms. The largest absolute Gasteiger partial charge is 0.497 e. The second kappa shape index (κ2) is 10.3. The molecule has 0 aromatic heterocycles. The van der Waals surface area contributed by atoms with E-state index in [2.05, 4.69) is 21.2 Å². The number of anilines is 1. The van der Waals surface area contributed by atoms with E-state index in [1.165, 1.54) is 16.7 Å². The lowest BCUT2D eigenvalue weighted by Gasteiger charge is -2.37. The van der Waals surface area contributed by atoms with Crippen molar-refractivity contribution in [3.8, 4) is 5.75 Å². The first kappa shape index (κ1) is 26.1. The van der Waals surface area contributed by atoms with Crippen molar-refractivity contribution >= 4 is 51.2 Å². The lowest BCUT2D eigenvalue weighted by Crippen LogP contribution is -2.53.